The molecule has 19 heavy (non-hydrogen) atoms. The van der Waals surface area contributed by atoms with E-state index in [4.69, 9.17) is 0 Å². The van der Waals surface area contributed by atoms with E-state index in [0.29, 0.717) is 6.54 Å². The summed E-state index contributed by atoms with van der Waals surface area (Å²) in [4.78, 5) is 16.0. The van der Waals surface area contributed by atoms with Crippen LogP contribution in [0.15, 0.2) is 36.7 Å². The van der Waals surface area contributed by atoms with E-state index < -0.39 is 0 Å². The maximum Gasteiger partial charge on any atom is 0.238 e. The number of nitrogens with one attached hydrogen (secondary N) is 2. The van der Waals surface area contributed by atoms with E-state index in [2.05, 4.69) is 15.6 Å². The van der Waals surface area contributed by atoms with Gasteiger partial charge in [0.25, 0.3) is 0 Å². The fraction of sp³-hybridized carbons (Fsp3) is 0.333. The molecule has 0 unspecified atom stereocenters. The molecule has 4 heteroatoms. The summed E-state index contributed by atoms with van der Waals surface area (Å²) in [5, 5.41) is 8.20. The van der Waals surface area contributed by atoms with Crippen LogP contribution < -0.4 is 10.6 Å². The number of fused-ring (bicyclic) bond motifs is 1. The van der Waals surface area contributed by atoms with Crippen molar-refractivity contribution in [1.82, 2.24) is 10.3 Å². The van der Waals surface area contributed by atoms with Gasteiger partial charge in [-0.15, -0.1) is 0 Å². The Morgan fingerprint density at radius 1 is 1.32 bits per heavy atom. The summed E-state index contributed by atoms with van der Waals surface area (Å²) in [5.41, 5.74) is 0.845. The second-order valence-electron chi connectivity index (χ2n) is 5.02. The molecule has 0 atom stereocenters. The van der Waals surface area contributed by atoms with E-state index in [1.807, 2.05) is 24.3 Å². The minimum Gasteiger partial charge on any atom is -0.324 e. The number of nitrogens with zero attached hydrogens (tertiary/aromatic N) is 1. The average molecular weight is 255 g/mol. The molecule has 1 heterocycles. The van der Waals surface area contributed by atoms with E-state index in [9.17, 15) is 4.79 Å². The van der Waals surface area contributed by atoms with Crippen molar-refractivity contribution in [2.45, 2.75) is 12.8 Å². The van der Waals surface area contributed by atoms with Crippen LogP contribution in [-0.4, -0.2) is 24.0 Å². The number of aromatic nitrogens is 1. The largest absolute Gasteiger partial charge is 0.324 e. The van der Waals surface area contributed by atoms with E-state index in [1.165, 1.54) is 12.8 Å². The third kappa shape index (κ3) is 3.09. The molecule has 1 aromatic heterocycles. The maximum atomic E-state index is 11.9. The molecule has 1 saturated carbocycles. The van der Waals surface area contributed by atoms with Gasteiger partial charge in [0.15, 0.2) is 0 Å². The molecule has 0 aliphatic heterocycles. The van der Waals surface area contributed by atoms with Crippen LogP contribution in [0, 0.1) is 5.92 Å². The van der Waals surface area contributed by atoms with Gasteiger partial charge in [0.1, 0.15) is 0 Å². The Kier molecular flexibility index (Phi) is 3.42. The molecule has 0 saturated heterocycles. The Labute approximate surface area is 112 Å². The predicted octanol–water partition coefficient (Wildman–Crippen LogP) is 2.17. The van der Waals surface area contributed by atoms with Crippen LogP contribution >= 0.6 is 0 Å². The molecule has 1 aliphatic rings. The molecular formula is C15H17N3O. The zero-order valence-corrected chi connectivity index (χ0v) is 10.7. The molecule has 0 radical (unpaired) electrons. The Hall–Kier alpha value is -1.94. The Morgan fingerprint density at radius 2 is 2.21 bits per heavy atom. The van der Waals surface area contributed by atoms with Crippen LogP contribution in [0.5, 0.6) is 0 Å². The smallest absolute Gasteiger partial charge is 0.238 e. The minimum absolute atomic E-state index is 0.00459. The average Bonchev–Trinajstić information content (AvgIpc) is 3.23. The first-order valence-corrected chi connectivity index (χ1v) is 6.66. The molecule has 1 aromatic carbocycles. The molecule has 0 bridgehead atoms. The first-order valence-electron chi connectivity index (χ1n) is 6.66. The highest BCUT2D eigenvalue weighted by molar-refractivity contribution is 6.02. The Balaban J connectivity index is 1.64. The van der Waals surface area contributed by atoms with Crippen LogP contribution in [-0.2, 0) is 4.79 Å². The van der Waals surface area contributed by atoms with Crippen LogP contribution in [0.4, 0.5) is 5.69 Å². The number of amides is 1. The number of anilines is 1. The lowest BCUT2D eigenvalue weighted by atomic mass is 10.1. The second kappa shape index (κ2) is 5.36. The Morgan fingerprint density at radius 3 is 3.05 bits per heavy atom. The standard InChI is InChI=1S/C15H17N3O/c19-15(10-17-8-11-4-5-11)18-14-3-1-2-12-9-16-7-6-13(12)14/h1-3,6-7,9,11,17H,4-5,8,10H2,(H,18,19). The summed E-state index contributed by atoms with van der Waals surface area (Å²) < 4.78 is 0. The van der Waals surface area contributed by atoms with Crippen LogP contribution in [0.1, 0.15) is 12.8 Å². The number of rotatable bonds is 5. The number of benzene rings is 1. The fourth-order valence-electron chi connectivity index (χ4n) is 2.14. The zero-order chi connectivity index (χ0) is 13.1. The molecule has 3 rings (SSSR count). The third-order valence-electron chi connectivity index (χ3n) is 3.37. The maximum absolute atomic E-state index is 11.9. The monoisotopic (exact) mass is 255 g/mol. The lowest BCUT2D eigenvalue weighted by Gasteiger charge is -2.09. The fourth-order valence-corrected chi connectivity index (χ4v) is 2.14. The molecule has 4 nitrogen and oxygen atoms in total. The van der Waals surface area contributed by atoms with E-state index >= 15 is 0 Å². The van der Waals surface area contributed by atoms with Gasteiger partial charge >= 0.3 is 0 Å². The van der Waals surface area contributed by atoms with Crippen molar-refractivity contribution in [3.8, 4) is 0 Å². The van der Waals surface area contributed by atoms with Gasteiger partial charge in [-0.2, -0.15) is 0 Å². The van der Waals surface area contributed by atoms with Crippen molar-refractivity contribution in [2.24, 2.45) is 5.92 Å². The summed E-state index contributed by atoms with van der Waals surface area (Å²) in [5.74, 6) is 0.793. The lowest BCUT2D eigenvalue weighted by molar-refractivity contribution is -0.115. The van der Waals surface area contributed by atoms with Gasteiger partial charge in [-0.05, 0) is 37.4 Å². The van der Waals surface area contributed by atoms with Crippen molar-refractivity contribution >= 4 is 22.4 Å². The van der Waals surface area contributed by atoms with Gasteiger partial charge in [0, 0.05) is 28.9 Å². The van der Waals surface area contributed by atoms with Crippen LogP contribution in [0.25, 0.3) is 10.8 Å². The molecular weight excluding hydrogens is 238 g/mol. The van der Waals surface area contributed by atoms with Crippen molar-refractivity contribution in [3.63, 3.8) is 0 Å². The van der Waals surface area contributed by atoms with Crippen LogP contribution in [0.2, 0.25) is 0 Å². The minimum atomic E-state index is 0.00459. The van der Waals surface area contributed by atoms with Gasteiger partial charge in [-0.3, -0.25) is 9.78 Å². The predicted molar refractivity (Wildman–Crippen MR) is 76.0 cm³/mol. The molecule has 2 N–H and O–H groups in total. The van der Waals surface area contributed by atoms with E-state index in [1.54, 1.807) is 12.4 Å². The first-order chi connectivity index (χ1) is 9.33. The summed E-state index contributed by atoms with van der Waals surface area (Å²) in [6, 6.07) is 7.75. The SMILES string of the molecule is O=C(CNCC1CC1)Nc1cccc2cnccc12. The molecule has 0 spiro atoms. The summed E-state index contributed by atoms with van der Waals surface area (Å²) in [7, 11) is 0. The number of hydrogen-bond acceptors (Lipinski definition) is 3. The third-order valence-corrected chi connectivity index (χ3v) is 3.37. The first kappa shape index (κ1) is 12.1. The summed E-state index contributed by atoms with van der Waals surface area (Å²) >= 11 is 0. The topological polar surface area (TPSA) is 54.0 Å². The quantitative estimate of drug-likeness (QED) is 0.861. The van der Waals surface area contributed by atoms with E-state index in [-0.39, 0.29) is 5.91 Å². The Bertz CT molecular complexity index is 587. The molecule has 1 fully saturated rings. The van der Waals surface area contributed by atoms with Crippen molar-refractivity contribution in [1.29, 1.82) is 0 Å². The second-order valence-corrected chi connectivity index (χ2v) is 5.02. The molecule has 2 aromatic rings. The molecule has 1 aliphatic carbocycles. The van der Waals surface area contributed by atoms with Gasteiger partial charge in [-0.1, -0.05) is 12.1 Å². The highest BCUT2D eigenvalue weighted by atomic mass is 16.1. The van der Waals surface area contributed by atoms with Crippen molar-refractivity contribution < 1.29 is 4.79 Å². The van der Waals surface area contributed by atoms with Crippen molar-refractivity contribution in [2.75, 3.05) is 18.4 Å². The molecule has 98 valence electrons. The van der Waals surface area contributed by atoms with Crippen LogP contribution in [0.3, 0.4) is 0 Å². The van der Waals surface area contributed by atoms with Gasteiger partial charge in [0.05, 0.1) is 6.54 Å². The zero-order valence-electron chi connectivity index (χ0n) is 10.7. The summed E-state index contributed by atoms with van der Waals surface area (Å²) in [6.45, 7) is 1.32. The number of hydrogen-bond donors (Lipinski definition) is 2. The van der Waals surface area contributed by atoms with Gasteiger partial charge < -0.3 is 10.6 Å². The van der Waals surface area contributed by atoms with Crippen molar-refractivity contribution in [3.05, 3.63) is 36.7 Å². The highest BCUT2D eigenvalue weighted by Crippen LogP contribution is 2.27. The van der Waals surface area contributed by atoms with Gasteiger partial charge in [0.2, 0.25) is 5.91 Å². The van der Waals surface area contributed by atoms with E-state index in [0.717, 1.165) is 28.9 Å². The number of carbonyl (C=O) groups excluding carboxylic acids is 1. The van der Waals surface area contributed by atoms with Gasteiger partial charge in [-0.25, -0.2) is 0 Å². The normalized spacial score (nSPS) is 14.5. The lowest BCUT2D eigenvalue weighted by Crippen LogP contribution is -2.29. The number of pyridine rings is 1. The molecule has 1 amide bonds. The summed E-state index contributed by atoms with van der Waals surface area (Å²) in [6.07, 6.45) is 6.13. The number of carbonyl (C=O) groups is 1. The highest BCUT2D eigenvalue weighted by Gasteiger charge is 2.20.